The van der Waals surface area contributed by atoms with Gasteiger partial charge in [0.25, 0.3) is 0 Å². The van der Waals surface area contributed by atoms with Crippen LogP contribution in [0.4, 0.5) is 0 Å². The van der Waals surface area contributed by atoms with Crippen molar-refractivity contribution in [1.29, 1.82) is 0 Å². The van der Waals surface area contributed by atoms with Crippen LogP contribution in [0.15, 0.2) is 23.8 Å². The molecule has 146 valence electrons. The molecule has 0 aliphatic heterocycles. The highest BCUT2D eigenvalue weighted by molar-refractivity contribution is 5.93. The zero-order valence-corrected chi connectivity index (χ0v) is 16.7. The van der Waals surface area contributed by atoms with Gasteiger partial charge in [0, 0.05) is 18.8 Å². The molecule has 0 aromatic heterocycles. The third kappa shape index (κ3) is 2.44. The number of ketones is 2. The Bertz CT molecular complexity index is 762. The van der Waals surface area contributed by atoms with Crippen molar-refractivity contribution < 1.29 is 19.1 Å². The maximum atomic E-state index is 12.8. The largest absolute Gasteiger partial charge is 0.446 e. The van der Waals surface area contributed by atoms with Gasteiger partial charge in [-0.05, 0) is 80.8 Å². The molecule has 0 N–H and O–H groups in total. The zero-order chi connectivity index (χ0) is 19.6. The highest BCUT2D eigenvalue weighted by Gasteiger charge is 2.68. The van der Waals surface area contributed by atoms with E-state index in [1.807, 2.05) is 6.08 Å². The van der Waals surface area contributed by atoms with E-state index in [2.05, 4.69) is 13.5 Å². The Labute approximate surface area is 161 Å². The maximum absolute atomic E-state index is 12.8. The predicted molar refractivity (Wildman–Crippen MR) is 102 cm³/mol. The second kappa shape index (κ2) is 6.15. The van der Waals surface area contributed by atoms with Gasteiger partial charge in [0.05, 0.1) is 0 Å². The first-order chi connectivity index (χ1) is 12.7. The van der Waals surface area contributed by atoms with Crippen LogP contribution in [0.2, 0.25) is 0 Å². The van der Waals surface area contributed by atoms with Crippen LogP contribution >= 0.6 is 0 Å². The SMILES string of the molecule is C=C1C[C@H]2[C@@H]3CCC4=CC(=O)CC[C@H]4[C@@H]3CC[C@]2(C)[C@@]1(OC(C)=O)C(C)=O. The third-order valence-electron chi connectivity index (χ3n) is 8.25. The van der Waals surface area contributed by atoms with Crippen LogP contribution in [0.3, 0.4) is 0 Å². The number of hydrogen-bond acceptors (Lipinski definition) is 4. The fourth-order valence-corrected chi connectivity index (χ4v) is 7.25. The summed E-state index contributed by atoms with van der Waals surface area (Å²) in [6.45, 7) is 9.30. The highest BCUT2D eigenvalue weighted by atomic mass is 16.6. The van der Waals surface area contributed by atoms with Crippen LogP contribution in [0.1, 0.15) is 65.7 Å². The second-order valence-electron chi connectivity index (χ2n) is 9.40. The number of esters is 1. The van der Waals surface area contributed by atoms with Crippen molar-refractivity contribution in [3.05, 3.63) is 23.8 Å². The topological polar surface area (TPSA) is 60.4 Å². The van der Waals surface area contributed by atoms with Crippen LogP contribution in [0.5, 0.6) is 0 Å². The molecule has 0 aromatic rings. The lowest BCUT2D eigenvalue weighted by Crippen LogP contribution is -2.58. The molecule has 27 heavy (non-hydrogen) atoms. The third-order valence-corrected chi connectivity index (χ3v) is 8.25. The first-order valence-corrected chi connectivity index (χ1v) is 10.3. The number of allylic oxidation sites excluding steroid dienone is 1. The molecule has 4 rings (SSSR count). The van der Waals surface area contributed by atoms with Gasteiger partial charge in [-0.3, -0.25) is 14.4 Å². The van der Waals surface area contributed by atoms with Crippen molar-refractivity contribution in [2.24, 2.45) is 29.1 Å². The number of rotatable bonds is 2. The van der Waals surface area contributed by atoms with Gasteiger partial charge in [0.2, 0.25) is 0 Å². The van der Waals surface area contributed by atoms with E-state index < -0.39 is 11.6 Å². The van der Waals surface area contributed by atoms with Gasteiger partial charge in [-0.2, -0.15) is 0 Å². The van der Waals surface area contributed by atoms with E-state index in [0.29, 0.717) is 30.1 Å². The molecule has 4 heteroatoms. The normalized spacial score (nSPS) is 43.3. The summed E-state index contributed by atoms with van der Waals surface area (Å²) in [4.78, 5) is 36.6. The summed E-state index contributed by atoms with van der Waals surface area (Å²) in [5.41, 5.74) is 0.575. The molecule has 4 aliphatic rings. The molecule has 4 nitrogen and oxygen atoms in total. The summed E-state index contributed by atoms with van der Waals surface area (Å²) in [5, 5.41) is 0. The summed E-state index contributed by atoms with van der Waals surface area (Å²) in [6, 6.07) is 0. The van der Waals surface area contributed by atoms with Crippen molar-refractivity contribution in [3.63, 3.8) is 0 Å². The standard InChI is InChI=1S/C23H30O4/c1-13-11-21-20-7-5-16-12-17(26)6-8-18(16)19(20)9-10-22(21,4)23(13,14(2)24)27-15(3)25/h12,18-21H,1,5-11H2,2-4H3/t18-,19+,20-,21+,22+,23+/m1/s1. The van der Waals surface area contributed by atoms with Crippen LogP contribution in [-0.4, -0.2) is 23.1 Å². The maximum Gasteiger partial charge on any atom is 0.303 e. The molecule has 0 heterocycles. The van der Waals surface area contributed by atoms with Crippen molar-refractivity contribution in [1.82, 2.24) is 0 Å². The minimum Gasteiger partial charge on any atom is -0.446 e. The summed E-state index contributed by atoms with van der Waals surface area (Å²) in [5.74, 6) is 1.68. The summed E-state index contributed by atoms with van der Waals surface area (Å²) in [7, 11) is 0. The summed E-state index contributed by atoms with van der Waals surface area (Å²) < 4.78 is 5.80. The average molecular weight is 370 g/mol. The van der Waals surface area contributed by atoms with Crippen LogP contribution < -0.4 is 0 Å². The molecular weight excluding hydrogens is 340 g/mol. The quantitative estimate of drug-likeness (QED) is 0.540. The van der Waals surface area contributed by atoms with Crippen molar-refractivity contribution in [2.45, 2.75) is 71.3 Å². The van der Waals surface area contributed by atoms with E-state index in [9.17, 15) is 14.4 Å². The van der Waals surface area contributed by atoms with Crippen LogP contribution in [0, 0.1) is 29.1 Å². The Kier molecular flexibility index (Phi) is 4.25. The molecule has 3 fully saturated rings. The number of ether oxygens (including phenoxy) is 1. The zero-order valence-electron chi connectivity index (χ0n) is 16.7. The van der Waals surface area contributed by atoms with E-state index in [0.717, 1.165) is 44.1 Å². The molecular formula is C23H30O4. The van der Waals surface area contributed by atoms with Gasteiger partial charge < -0.3 is 4.74 Å². The first kappa shape index (κ1) is 18.6. The average Bonchev–Trinajstić information content (AvgIpc) is 2.82. The van der Waals surface area contributed by atoms with E-state index >= 15 is 0 Å². The summed E-state index contributed by atoms with van der Waals surface area (Å²) in [6.07, 6.45) is 8.23. The predicted octanol–water partition coefficient (Wildman–Crippen LogP) is 4.19. The molecule has 6 atom stereocenters. The lowest BCUT2D eigenvalue weighted by Gasteiger charge is -2.55. The minimum atomic E-state index is -1.17. The Hall–Kier alpha value is -1.71. The van der Waals surface area contributed by atoms with Gasteiger partial charge in [0.1, 0.15) is 0 Å². The van der Waals surface area contributed by atoms with E-state index in [-0.39, 0.29) is 17.0 Å². The smallest absolute Gasteiger partial charge is 0.303 e. The minimum absolute atomic E-state index is 0.0918. The Morgan fingerprint density at radius 1 is 1.15 bits per heavy atom. The van der Waals surface area contributed by atoms with Gasteiger partial charge in [-0.15, -0.1) is 0 Å². The second-order valence-corrected chi connectivity index (χ2v) is 9.40. The van der Waals surface area contributed by atoms with E-state index in [1.165, 1.54) is 12.5 Å². The van der Waals surface area contributed by atoms with Crippen molar-refractivity contribution in [2.75, 3.05) is 0 Å². The van der Waals surface area contributed by atoms with Crippen molar-refractivity contribution in [3.8, 4) is 0 Å². The van der Waals surface area contributed by atoms with Gasteiger partial charge >= 0.3 is 5.97 Å². The first-order valence-electron chi connectivity index (χ1n) is 10.3. The number of carbonyl (C=O) groups excluding carboxylic acids is 3. The van der Waals surface area contributed by atoms with E-state index in [1.54, 1.807) is 6.92 Å². The molecule has 0 aromatic carbocycles. The fourth-order valence-electron chi connectivity index (χ4n) is 7.25. The number of fused-ring (bicyclic) bond motifs is 5. The van der Waals surface area contributed by atoms with Crippen LogP contribution in [0.25, 0.3) is 0 Å². The van der Waals surface area contributed by atoms with Gasteiger partial charge in [-0.25, -0.2) is 0 Å². The number of hydrogen-bond donors (Lipinski definition) is 0. The monoisotopic (exact) mass is 370 g/mol. The Morgan fingerprint density at radius 2 is 1.89 bits per heavy atom. The molecule has 4 aliphatic carbocycles. The van der Waals surface area contributed by atoms with Crippen LogP contribution in [-0.2, 0) is 19.1 Å². The molecule has 0 unspecified atom stereocenters. The number of Topliss-reactive ketones (excluding diaryl/α,β-unsaturated/α-hetero) is 1. The molecule has 0 spiro atoms. The molecule has 0 saturated heterocycles. The Morgan fingerprint density at radius 3 is 2.56 bits per heavy atom. The molecule has 0 radical (unpaired) electrons. The summed E-state index contributed by atoms with van der Waals surface area (Å²) >= 11 is 0. The van der Waals surface area contributed by atoms with Gasteiger partial charge in [-0.1, -0.05) is 19.1 Å². The van der Waals surface area contributed by atoms with Crippen molar-refractivity contribution >= 4 is 17.5 Å². The lowest BCUT2D eigenvalue weighted by molar-refractivity contribution is -0.180. The van der Waals surface area contributed by atoms with E-state index in [4.69, 9.17) is 4.74 Å². The number of carbonyl (C=O) groups is 3. The lowest BCUT2D eigenvalue weighted by atomic mass is 9.50. The Balaban J connectivity index is 1.71. The molecule has 0 amide bonds. The molecule has 0 bridgehead atoms. The van der Waals surface area contributed by atoms with Gasteiger partial charge in [0.15, 0.2) is 17.2 Å². The molecule has 3 saturated carbocycles. The fraction of sp³-hybridized carbons (Fsp3) is 0.696. The highest BCUT2D eigenvalue weighted by Crippen LogP contribution is 2.67.